The highest BCUT2D eigenvalue weighted by Gasteiger charge is 2.20. The molecule has 1 aliphatic rings. The molecule has 1 heterocycles. The fourth-order valence-corrected chi connectivity index (χ4v) is 2.37. The van der Waals surface area contributed by atoms with Gasteiger partial charge in [-0.2, -0.15) is 0 Å². The number of aromatic nitrogens is 1. The molecule has 2 rings (SSSR count). The molecule has 0 amide bonds. The standard InChI is InChI=1S/C12H15NO2/c1-8-7-11(12(14)15)9(2)13(8)10-5-3-4-6-10/h3-4,7,10H,5-6H2,1-2H3,(H,14,15). The van der Waals surface area contributed by atoms with Gasteiger partial charge in [0.05, 0.1) is 5.56 Å². The summed E-state index contributed by atoms with van der Waals surface area (Å²) in [6, 6.07) is 2.17. The SMILES string of the molecule is Cc1cc(C(=O)O)c(C)n1C1CC=CC1. The van der Waals surface area contributed by atoms with Gasteiger partial charge in [0.2, 0.25) is 0 Å². The number of aryl methyl sites for hydroxylation is 1. The van der Waals surface area contributed by atoms with Crippen LogP contribution >= 0.6 is 0 Å². The largest absolute Gasteiger partial charge is 0.478 e. The third kappa shape index (κ3) is 1.58. The normalized spacial score (nSPS) is 16.1. The molecule has 0 aromatic carbocycles. The first-order valence-corrected chi connectivity index (χ1v) is 5.18. The average molecular weight is 205 g/mol. The van der Waals surface area contributed by atoms with Crippen LogP contribution in [0.15, 0.2) is 18.2 Å². The van der Waals surface area contributed by atoms with Crippen LogP contribution in [0.4, 0.5) is 0 Å². The molecule has 0 bridgehead atoms. The molecule has 0 unspecified atom stereocenters. The summed E-state index contributed by atoms with van der Waals surface area (Å²) in [7, 11) is 0. The summed E-state index contributed by atoms with van der Waals surface area (Å²) < 4.78 is 2.14. The van der Waals surface area contributed by atoms with Gasteiger partial charge in [-0.05, 0) is 32.8 Å². The van der Waals surface area contributed by atoms with Crippen molar-refractivity contribution in [2.45, 2.75) is 32.7 Å². The summed E-state index contributed by atoms with van der Waals surface area (Å²) in [6.45, 7) is 3.85. The zero-order valence-corrected chi connectivity index (χ0v) is 9.03. The number of hydrogen-bond donors (Lipinski definition) is 1. The monoisotopic (exact) mass is 205 g/mol. The molecule has 0 aliphatic heterocycles. The van der Waals surface area contributed by atoms with Gasteiger partial charge in [-0.25, -0.2) is 4.79 Å². The number of allylic oxidation sites excluding steroid dienone is 2. The molecule has 1 aliphatic carbocycles. The quantitative estimate of drug-likeness (QED) is 0.754. The van der Waals surface area contributed by atoms with Crippen molar-refractivity contribution in [3.8, 4) is 0 Å². The molecule has 1 aromatic heterocycles. The molecule has 0 saturated heterocycles. The lowest BCUT2D eigenvalue weighted by molar-refractivity contribution is 0.0696. The molecule has 15 heavy (non-hydrogen) atoms. The van der Waals surface area contributed by atoms with E-state index >= 15 is 0 Å². The van der Waals surface area contributed by atoms with Crippen LogP contribution in [-0.4, -0.2) is 15.6 Å². The van der Waals surface area contributed by atoms with Gasteiger partial charge in [0.25, 0.3) is 0 Å². The maximum atomic E-state index is 11.0. The fourth-order valence-electron chi connectivity index (χ4n) is 2.37. The van der Waals surface area contributed by atoms with E-state index in [1.165, 1.54) is 0 Å². The maximum Gasteiger partial charge on any atom is 0.337 e. The number of carboxylic acids is 1. The van der Waals surface area contributed by atoms with E-state index in [1.54, 1.807) is 6.07 Å². The molecular weight excluding hydrogens is 190 g/mol. The minimum atomic E-state index is -0.833. The number of hydrogen-bond acceptors (Lipinski definition) is 1. The summed E-state index contributed by atoms with van der Waals surface area (Å²) in [5.41, 5.74) is 2.34. The third-order valence-corrected chi connectivity index (χ3v) is 3.06. The van der Waals surface area contributed by atoms with Gasteiger partial charge < -0.3 is 9.67 Å². The molecule has 0 atom stereocenters. The van der Waals surface area contributed by atoms with Gasteiger partial charge in [-0.1, -0.05) is 12.2 Å². The van der Waals surface area contributed by atoms with Crippen LogP contribution in [0.25, 0.3) is 0 Å². The first-order valence-electron chi connectivity index (χ1n) is 5.18. The van der Waals surface area contributed by atoms with Crippen LogP contribution < -0.4 is 0 Å². The highest BCUT2D eigenvalue weighted by atomic mass is 16.4. The van der Waals surface area contributed by atoms with Crippen LogP contribution in [0.3, 0.4) is 0 Å². The first-order chi connectivity index (χ1) is 7.11. The van der Waals surface area contributed by atoms with Crippen molar-refractivity contribution in [1.29, 1.82) is 0 Å². The van der Waals surface area contributed by atoms with Gasteiger partial charge in [0.1, 0.15) is 0 Å². The molecule has 3 heteroatoms. The highest BCUT2D eigenvalue weighted by Crippen LogP contribution is 2.29. The van der Waals surface area contributed by atoms with Gasteiger partial charge in [0, 0.05) is 17.4 Å². The van der Waals surface area contributed by atoms with E-state index in [1.807, 2.05) is 13.8 Å². The van der Waals surface area contributed by atoms with Gasteiger partial charge in [-0.15, -0.1) is 0 Å². The maximum absolute atomic E-state index is 11.0. The lowest BCUT2D eigenvalue weighted by Gasteiger charge is -2.17. The summed E-state index contributed by atoms with van der Waals surface area (Å²) >= 11 is 0. The Morgan fingerprint density at radius 1 is 1.40 bits per heavy atom. The van der Waals surface area contributed by atoms with Gasteiger partial charge in [0.15, 0.2) is 0 Å². The van der Waals surface area contributed by atoms with E-state index in [0.717, 1.165) is 24.2 Å². The zero-order chi connectivity index (χ0) is 11.0. The van der Waals surface area contributed by atoms with Crippen molar-refractivity contribution in [1.82, 2.24) is 4.57 Å². The van der Waals surface area contributed by atoms with Crippen molar-refractivity contribution in [2.75, 3.05) is 0 Å². The Morgan fingerprint density at radius 2 is 2.00 bits per heavy atom. The molecule has 0 spiro atoms. The minimum absolute atomic E-state index is 0.415. The topological polar surface area (TPSA) is 42.2 Å². The van der Waals surface area contributed by atoms with Crippen molar-refractivity contribution in [3.05, 3.63) is 35.2 Å². The number of carboxylic acid groups (broad SMARTS) is 1. The molecule has 1 N–H and O–H groups in total. The Morgan fingerprint density at radius 3 is 2.47 bits per heavy atom. The Kier molecular flexibility index (Phi) is 2.39. The summed E-state index contributed by atoms with van der Waals surface area (Å²) in [6.07, 6.45) is 6.33. The van der Waals surface area contributed by atoms with Crippen molar-refractivity contribution in [3.63, 3.8) is 0 Å². The molecule has 1 aromatic rings. The number of carbonyl (C=O) groups is 1. The van der Waals surface area contributed by atoms with E-state index in [4.69, 9.17) is 5.11 Å². The Labute approximate surface area is 89.0 Å². The zero-order valence-electron chi connectivity index (χ0n) is 9.03. The smallest absolute Gasteiger partial charge is 0.337 e. The molecular formula is C12H15NO2. The second-order valence-corrected chi connectivity index (χ2v) is 4.06. The van der Waals surface area contributed by atoms with E-state index in [2.05, 4.69) is 16.7 Å². The molecule has 0 fully saturated rings. The molecule has 0 radical (unpaired) electrons. The van der Waals surface area contributed by atoms with E-state index in [0.29, 0.717) is 11.6 Å². The summed E-state index contributed by atoms with van der Waals surface area (Å²) in [5.74, 6) is -0.833. The third-order valence-electron chi connectivity index (χ3n) is 3.06. The molecule has 0 saturated carbocycles. The second kappa shape index (κ2) is 3.57. The summed E-state index contributed by atoms with van der Waals surface area (Å²) in [5, 5.41) is 9.02. The number of aromatic carboxylic acids is 1. The van der Waals surface area contributed by atoms with Crippen LogP contribution in [0.1, 0.15) is 40.6 Å². The van der Waals surface area contributed by atoms with Crippen LogP contribution in [-0.2, 0) is 0 Å². The lowest BCUT2D eigenvalue weighted by Crippen LogP contribution is -2.09. The van der Waals surface area contributed by atoms with E-state index in [-0.39, 0.29) is 0 Å². The van der Waals surface area contributed by atoms with Crippen molar-refractivity contribution >= 4 is 5.97 Å². The molecule has 80 valence electrons. The first kappa shape index (κ1) is 10.0. The average Bonchev–Trinajstić information content (AvgIpc) is 2.73. The summed E-state index contributed by atoms with van der Waals surface area (Å²) in [4.78, 5) is 11.0. The van der Waals surface area contributed by atoms with Gasteiger partial charge in [-0.3, -0.25) is 0 Å². The van der Waals surface area contributed by atoms with E-state index < -0.39 is 5.97 Å². The minimum Gasteiger partial charge on any atom is -0.478 e. The van der Waals surface area contributed by atoms with Crippen LogP contribution in [0.2, 0.25) is 0 Å². The van der Waals surface area contributed by atoms with Crippen LogP contribution in [0.5, 0.6) is 0 Å². The highest BCUT2D eigenvalue weighted by molar-refractivity contribution is 5.89. The molecule has 3 nitrogen and oxygen atoms in total. The van der Waals surface area contributed by atoms with Crippen molar-refractivity contribution < 1.29 is 9.90 Å². The van der Waals surface area contributed by atoms with Gasteiger partial charge >= 0.3 is 5.97 Å². The Hall–Kier alpha value is -1.51. The van der Waals surface area contributed by atoms with Crippen LogP contribution in [0, 0.1) is 13.8 Å². The van der Waals surface area contributed by atoms with E-state index in [9.17, 15) is 4.79 Å². The Bertz CT molecular complexity index is 421. The predicted octanol–water partition coefficient (Wildman–Crippen LogP) is 2.69. The Balaban J connectivity index is 2.42. The fraction of sp³-hybridized carbons (Fsp3) is 0.417. The number of rotatable bonds is 2. The van der Waals surface area contributed by atoms with Crippen molar-refractivity contribution in [2.24, 2.45) is 0 Å². The number of nitrogens with zero attached hydrogens (tertiary/aromatic N) is 1. The second-order valence-electron chi connectivity index (χ2n) is 4.06. The predicted molar refractivity (Wildman–Crippen MR) is 58.3 cm³/mol. The lowest BCUT2D eigenvalue weighted by atomic mass is 10.2.